The Kier molecular flexibility index (Phi) is 6.49. The van der Waals surface area contributed by atoms with E-state index in [1.807, 2.05) is 0 Å². The number of esters is 2. The molecule has 12 heteroatoms. The molecule has 2 N–H and O–H groups in total. The van der Waals surface area contributed by atoms with E-state index in [2.05, 4.69) is 10.3 Å². The molecule has 4 atom stereocenters. The Balaban J connectivity index is 2.50. The van der Waals surface area contributed by atoms with E-state index in [4.69, 9.17) is 14.2 Å². The third-order valence-corrected chi connectivity index (χ3v) is 4.15. The fraction of sp³-hybridized carbons (Fsp3) is 0.529. The summed E-state index contributed by atoms with van der Waals surface area (Å²) in [6, 6.07) is 1.26. The maximum Gasteiger partial charge on any atom is 0.351 e. The van der Waals surface area contributed by atoms with Crippen LogP contribution in [0.3, 0.4) is 0 Å². The van der Waals surface area contributed by atoms with Crippen LogP contribution in [0.5, 0.6) is 0 Å². The molecule has 2 heterocycles. The maximum atomic E-state index is 12.4. The number of nitrogens with one attached hydrogen (secondary N) is 1. The molecular weight excluding hydrogens is 390 g/mol. The number of amides is 1. The van der Waals surface area contributed by atoms with Crippen LogP contribution in [0, 0.1) is 0 Å². The highest BCUT2D eigenvalue weighted by Gasteiger charge is 2.62. The summed E-state index contributed by atoms with van der Waals surface area (Å²) in [5, 5.41) is 13.4. The predicted octanol–water partition coefficient (Wildman–Crippen LogP) is -1.09. The maximum absolute atomic E-state index is 12.4. The number of carbonyl (C=O) groups is 4. The first-order valence-electron chi connectivity index (χ1n) is 8.53. The number of anilines is 1. The number of hydrogen-bond donors (Lipinski definition) is 2. The molecule has 1 aromatic heterocycles. The van der Waals surface area contributed by atoms with Crippen molar-refractivity contribution >= 4 is 29.4 Å². The van der Waals surface area contributed by atoms with Crippen LogP contribution >= 0.6 is 0 Å². The van der Waals surface area contributed by atoms with E-state index in [1.54, 1.807) is 0 Å². The van der Waals surface area contributed by atoms with Gasteiger partial charge in [-0.15, -0.1) is 0 Å². The van der Waals surface area contributed by atoms with Gasteiger partial charge in [-0.3, -0.25) is 23.7 Å². The molecule has 1 aliphatic heterocycles. The lowest BCUT2D eigenvalue weighted by Gasteiger charge is -2.31. The summed E-state index contributed by atoms with van der Waals surface area (Å²) in [4.78, 5) is 62.2. The van der Waals surface area contributed by atoms with Gasteiger partial charge in [0.15, 0.2) is 18.1 Å². The SMILES string of the molecule is CC(=O)Nc1ccn([C@@H]2O[C@H](COC(C)=O)[C@@H](OC(C)=O)[C@]2(O)C(C)=O)c(=O)n1. The molecule has 0 saturated carbocycles. The van der Waals surface area contributed by atoms with Crippen molar-refractivity contribution in [3.8, 4) is 0 Å². The predicted molar refractivity (Wildman–Crippen MR) is 94.5 cm³/mol. The summed E-state index contributed by atoms with van der Waals surface area (Å²) in [5.41, 5.74) is -3.41. The van der Waals surface area contributed by atoms with E-state index >= 15 is 0 Å². The van der Waals surface area contributed by atoms with E-state index < -0.39 is 60.0 Å². The van der Waals surface area contributed by atoms with Crippen LogP contribution in [-0.2, 0) is 33.4 Å². The second kappa shape index (κ2) is 8.49. The molecule has 12 nitrogen and oxygen atoms in total. The molecule has 0 spiro atoms. The molecule has 0 aromatic carbocycles. The Morgan fingerprint density at radius 2 is 1.90 bits per heavy atom. The van der Waals surface area contributed by atoms with Gasteiger partial charge < -0.3 is 24.6 Å². The Bertz CT molecular complexity index is 896. The zero-order chi connectivity index (χ0) is 21.9. The van der Waals surface area contributed by atoms with Crippen LogP contribution in [0.15, 0.2) is 17.1 Å². The molecule has 158 valence electrons. The fourth-order valence-electron chi connectivity index (χ4n) is 2.93. The van der Waals surface area contributed by atoms with Gasteiger partial charge in [-0.2, -0.15) is 4.98 Å². The Hall–Kier alpha value is -3.12. The second-order valence-corrected chi connectivity index (χ2v) is 6.42. The summed E-state index contributed by atoms with van der Waals surface area (Å²) in [7, 11) is 0. The van der Waals surface area contributed by atoms with Crippen molar-refractivity contribution in [1.82, 2.24) is 9.55 Å². The van der Waals surface area contributed by atoms with Gasteiger partial charge in [-0.1, -0.05) is 0 Å². The highest BCUT2D eigenvalue weighted by Crippen LogP contribution is 2.40. The van der Waals surface area contributed by atoms with E-state index in [0.717, 1.165) is 31.5 Å². The quantitative estimate of drug-likeness (QED) is 0.550. The van der Waals surface area contributed by atoms with Gasteiger partial charge in [-0.25, -0.2) is 4.79 Å². The number of carbonyl (C=O) groups excluding carboxylic acids is 4. The number of ketones is 1. The van der Waals surface area contributed by atoms with Crippen molar-refractivity contribution in [3.05, 3.63) is 22.7 Å². The topological polar surface area (TPSA) is 163 Å². The molecule has 29 heavy (non-hydrogen) atoms. The minimum Gasteiger partial charge on any atom is -0.463 e. The van der Waals surface area contributed by atoms with E-state index in [1.165, 1.54) is 13.0 Å². The first kappa shape index (κ1) is 22.2. The van der Waals surface area contributed by atoms with Crippen molar-refractivity contribution in [3.63, 3.8) is 0 Å². The largest absolute Gasteiger partial charge is 0.463 e. The lowest BCUT2D eigenvalue weighted by atomic mass is 9.89. The van der Waals surface area contributed by atoms with Crippen LogP contribution in [0.1, 0.15) is 33.9 Å². The Labute approximate surface area is 164 Å². The zero-order valence-corrected chi connectivity index (χ0v) is 16.2. The Morgan fingerprint density at radius 3 is 2.38 bits per heavy atom. The van der Waals surface area contributed by atoms with E-state index in [0.29, 0.717) is 0 Å². The minimum absolute atomic E-state index is 0.0453. The number of aliphatic hydroxyl groups is 1. The van der Waals surface area contributed by atoms with Crippen molar-refractivity contribution in [2.45, 2.75) is 51.7 Å². The first-order valence-corrected chi connectivity index (χ1v) is 8.53. The van der Waals surface area contributed by atoms with Crippen LogP contribution in [0.4, 0.5) is 5.82 Å². The van der Waals surface area contributed by atoms with Gasteiger partial charge in [0.1, 0.15) is 18.5 Å². The summed E-state index contributed by atoms with van der Waals surface area (Å²) in [6.07, 6.45) is -3.26. The molecule has 1 fully saturated rings. The number of nitrogens with zero attached hydrogens (tertiary/aromatic N) is 2. The van der Waals surface area contributed by atoms with Crippen molar-refractivity contribution < 1.29 is 38.5 Å². The lowest BCUT2D eigenvalue weighted by Crippen LogP contribution is -2.55. The smallest absolute Gasteiger partial charge is 0.351 e. The standard InChI is InChI=1S/C17H21N3O9/c1-8(21)17(26)14(28-11(4)24)12(7-27-10(3)23)29-15(17)20-6-5-13(18-9(2)22)19-16(20)25/h5-6,12,14-15,26H,7H2,1-4H3,(H,18,19,22,25)/t12-,14-,15-,17-/m1/s1. The molecule has 1 aromatic rings. The summed E-state index contributed by atoms with van der Waals surface area (Å²) < 4.78 is 16.4. The monoisotopic (exact) mass is 411 g/mol. The second-order valence-electron chi connectivity index (χ2n) is 6.42. The molecular formula is C17H21N3O9. The minimum atomic E-state index is -2.46. The summed E-state index contributed by atoms with van der Waals surface area (Å²) >= 11 is 0. The van der Waals surface area contributed by atoms with Crippen molar-refractivity contribution in [2.75, 3.05) is 11.9 Å². The zero-order valence-electron chi connectivity index (χ0n) is 16.2. The molecule has 1 amide bonds. The number of Topliss-reactive ketones (excluding diaryl/α,β-unsaturated/α-hetero) is 1. The third kappa shape index (κ3) is 4.66. The number of hydrogen-bond acceptors (Lipinski definition) is 10. The normalized spacial score (nSPS) is 25.9. The van der Waals surface area contributed by atoms with Gasteiger partial charge in [0, 0.05) is 27.0 Å². The van der Waals surface area contributed by atoms with Gasteiger partial charge in [0.05, 0.1) is 0 Å². The van der Waals surface area contributed by atoms with Crippen LogP contribution in [0.2, 0.25) is 0 Å². The van der Waals surface area contributed by atoms with Crippen LogP contribution < -0.4 is 11.0 Å². The fourth-order valence-corrected chi connectivity index (χ4v) is 2.93. The van der Waals surface area contributed by atoms with Crippen molar-refractivity contribution in [1.29, 1.82) is 0 Å². The van der Waals surface area contributed by atoms with Gasteiger partial charge in [0.25, 0.3) is 0 Å². The number of aromatic nitrogens is 2. The van der Waals surface area contributed by atoms with E-state index in [9.17, 15) is 29.1 Å². The van der Waals surface area contributed by atoms with Gasteiger partial charge >= 0.3 is 17.6 Å². The molecule has 0 bridgehead atoms. The average Bonchev–Trinajstić information content (AvgIpc) is 2.86. The highest BCUT2D eigenvalue weighted by atomic mass is 16.6. The Morgan fingerprint density at radius 1 is 1.24 bits per heavy atom. The van der Waals surface area contributed by atoms with Gasteiger partial charge in [0.2, 0.25) is 11.5 Å². The molecule has 0 radical (unpaired) electrons. The molecule has 2 rings (SSSR count). The average molecular weight is 411 g/mol. The molecule has 0 aliphatic carbocycles. The van der Waals surface area contributed by atoms with Crippen LogP contribution in [-0.4, -0.2) is 62.7 Å². The highest BCUT2D eigenvalue weighted by molar-refractivity contribution is 5.88. The molecule has 1 saturated heterocycles. The first-order chi connectivity index (χ1) is 13.5. The molecule has 1 aliphatic rings. The van der Waals surface area contributed by atoms with Gasteiger partial charge in [-0.05, 0) is 13.0 Å². The van der Waals surface area contributed by atoms with Crippen molar-refractivity contribution in [2.24, 2.45) is 0 Å². The summed E-state index contributed by atoms with van der Waals surface area (Å²) in [6.45, 7) is 4.02. The number of rotatable bonds is 6. The summed E-state index contributed by atoms with van der Waals surface area (Å²) in [5.74, 6) is -2.84. The van der Waals surface area contributed by atoms with E-state index in [-0.39, 0.29) is 5.82 Å². The third-order valence-electron chi connectivity index (χ3n) is 4.15. The van der Waals surface area contributed by atoms with Crippen LogP contribution in [0.25, 0.3) is 0 Å². The molecule has 0 unspecified atom stereocenters. The lowest BCUT2D eigenvalue weighted by molar-refractivity contribution is -0.171. The number of ether oxygens (including phenoxy) is 3.